The predicted octanol–water partition coefficient (Wildman–Crippen LogP) is 5.06. The highest BCUT2D eigenvalue weighted by Crippen LogP contribution is 2.23. The second-order valence-corrected chi connectivity index (χ2v) is 5.37. The number of rotatable bonds is 4. The Morgan fingerprint density at radius 2 is 1.70 bits per heavy atom. The summed E-state index contributed by atoms with van der Waals surface area (Å²) in [6.07, 6.45) is 0. The maximum Gasteiger partial charge on any atom is 0.229 e. The van der Waals surface area contributed by atoms with Gasteiger partial charge < -0.3 is 10.6 Å². The molecule has 0 unspecified atom stereocenters. The summed E-state index contributed by atoms with van der Waals surface area (Å²) in [5, 5.41) is 6.29. The van der Waals surface area contributed by atoms with Crippen LogP contribution in [0.15, 0.2) is 54.6 Å². The van der Waals surface area contributed by atoms with Gasteiger partial charge in [-0.3, -0.25) is 0 Å². The van der Waals surface area contributed by atoms with Crippen molar-refractivity contribution in [1.82, 2.24) is 9.97 Å². The molecule has 0 bridgehead atoms. The zero-order valence-corrected chi connectivity index (χ0v) is 13.1. The first-order chi connectivity index (χ1) is 11.1. The molecule has 2 aromatic carbocycles. The van der Waals surface area contributed by atoms with Gasteiger partial charge in [-0.15, -0.1) is 0 Å². The molecule has 2 N–H and O–H groups in total. The number of hydrogen-bond acceptors (Lipinski definition) is 4. The van der Waals surface area contributed by atoms with Crippen molar-refractivity contribution in [2.45, 2.75) is 6.92 Å². The number of nitrogens with one attached hydrogen (secondary N) is 2. The van der Waals surface area contributed by atoms with Crippen LogP contribution in [0.3, 0.4) is 0 Å². The summed E-state index contributed by atoms with van der Waals surface area (Å²) < 4.78 is 13.2. The first-order valence-corrected chi connectivity index (χ1v) is 7.38. The monoisotopic (exact) mass is 328 g/mol. The van der Waals surface area contributed by atoms with E-state index in [9.17, 15) is 4.39 Å². The van der Waals surface area contributed by atoms with Crippen molar-refractivity contribution in [1.29, 1.82) is 0 Å². The van der Waals surface area contributed by atoms with Crippen LogP contribution in [0.4, 0.5) is 27.5 Å². The van der Waals surface area contributed by atoms with Crippen LogP contribution >= 0.6 is 11.6 Å². The van der Waals surface area contributed by atoms with Crippen LogP contribution in [0.1, 0.15) is 5.69 Å². The summed E-state index contributed by atoms with van der Waals surface area (Å²) in [5.41, 5.74) is 2.35. The molecule has 1 aromatic heterocycles. The Hall–Kier alpha value is -2.66. The fourth-order valence-corrected chi connectivity index (χ4v) is 2.24. The van der Waals surface area contributed by atoms with E-state index in [1.165, 1.54) is 12.1 Å². The Labute approximate surface area is 138 Å². The second-order valence-electron chi connectivity index (χ2n) is 4.96. The van der Waals surface area contributed by atoms with Crippen molar-refractivity contribution in [2.24, 2.45) is 0 Å². The Morgan fingerprint density at radius 1 is 0.913 bits per heavy atom. The SMILES string of the molecule is Cc1cc(Nc2ccccc2)nc(Nc2ccc(F)c(Cl)c2)n1. The van der Waals surface area contributed by atoms with Gasteiger partial charge in [-0.1, -0.05) is 29.8 Å². The van der Waals surface area contributed by atoms with E-state index in [2.05, 4.69) is 20.6 Å². The van der Waals surface area contributed by atoms with Gasteiger partial charge in [0, 0.05) is 23.1 Å². The van der Waals surface area contributed by atoms with Gasteiger partial charge in [0.25, 0.3) is 0 Å². The lowest BCUT2D eigenvalue weighted by Crippen LogP contribution is -2.02. The molecule has 3 aromatic rings. The van der Waals surface area contributed by atoms with Crippen LogP contribution in [-0.4, -0.2) is 9.97 Å². The molecule has 0 radical (unpaired) electrons. The van der Waals surface area contributed by atoms with Gasteiger partial charge in [0.15, 0.2) is 0 Å². The topological polar surface area (TPSA) is 49.8 Å². The highest BCUT2D eigenvalue weighted by molar-refractivity contribution is 6.31. The van der Waals surface area contributed by atoms with E-state index >= 15 is 0 Å². The minimum Gasteiger partial charge on any atom is -0.340 e. The van der Waals surface area contributed by atoms with Crippen LogP contribution in [0.5, 0.6) is 0 Å². The zero-order valence-electron chi connectivity index (χ0n) is 12.3. The maximum absolute atomic E-state index is 13.2. The Balaban J connectivity index is 1.83. The Morgan fingerprint density at radius 3 is 2.43 bits per heavy atom. The molecule has 0 atom stereocenters. The van der Waals surface area contributed by atoms with Gasteiger partial charge in [-0.05, 0) is 37.3 Å². The summed E-state index contributed by atoms with van der Waals surface area (Å²) in [7, 11) is 0. The number of anilines is 4. The number of halogens is 2. The Bertz CT molecular complexity index is 824. The third kappa shape index (κ3) is 3.96. The number of nitrogens with zero attached hydrogens (tertiary/aromatic N) is 2. The van der Waals surface area contributed by atoms with Gasteiger partial charge in [0.1, 0.15) is 11.6 Å². The average Bonchev–Trinajstić information content (AvgIpc) is 2.51. The molecule has 0 amide bonds. The summed E-state index contributed by atoms with van der Waals surface area (Å²) in [5.74, 6) is 0.610. The Kier molecular flexibility index (Phi) is 4.39. The van der Waals surface area contributed by atoms with Crippen LogP contribution in [0, 0.1) is 12.7 Å². The first-order valence-electron chi connectivity index (χ1n) is 7.00. The van der Waals surface area contributed by atoms with Crippen molar-refractivity contribution < 1.29 is 4.39 Å². The molecule has 0 aliphatic carbocycles. The lowest BCUT2D eigenvalue weighted by molar-refractivity contribution is 0.628. The van der Waals surface area contributed by atoms with E-state index < -0.39 is 5.82 Å². The lowest BCUT2D eigenvalue weighted by atomic mass is 10.3. The van der Waals surface area contributed by atoms with Crippen LogP contribution in [0.25, 0.3) is 0 Å². The van der Waals surface area contributed by atoms with Crippen LogP contribution in [0.2, 0.25) is 5.02 Å². The van der Waals surface area contributed by atoms with Gasteiger partial charge in [-0.2, -0.15) is 4.98 Å². The highest BCUT2D eigenvalue weighted by Gasteiger charge is 2.05. The molecule has 0 spiro atoms. The van der Waals surface area contributed by atoms with Crippen molar-refractivity contribution in [3.05, 3.63) is 71.1 Å². The van der Waals surface area contributed by atoms with E-state index in [4.69, 9.17) is 11.6 Å². The highest BCUT2D eigenvalue weighted by atomic mass is 35.5. The largest absolute Gasteiger partial charge is 0.340 e. The quantitative estimate of drug-likeness (QED) is 0.702. The molecule has 6 heteroatoms. The number of aromatic nitrogens is 2. The van der Waals surface area contributed by atoms with E-state index in [1.54, 1.807) is 6.07 Å². The third-order valence-electron chi connectivity index (χ3n) is 3.08. The zero-order chi connectivity index (χ0) is 16.2. The molecule has 0 fully saturated rings. The summed E-state index contributed by atoms with van der Waals surface area (Å²) >= 11 is 5.78. The molecular weight excluding hydrogens is 315 g/mol. The average molecular weight is 329 g/mol. The number of benzene rings is 2. The smallest absolute Gasteiger partial charge is 0.229 e. The minimum atomic E-state index is -0.464. The molecule has 3 rings (SSSR count). The number of aryl methyl sites for hydroxylation is 1. The standard InChI is InChI=1S/C17H14ClFN4/c1-11-9-16(21-12-5-3-2-4-6-12)23-17(20-11)22-13-7-8-15(19)14(18)10-13/h2-10H,1H3,(H2,20,21,22,23). The molecular formula is C17H14ClFN4. The second kappa shape index (κ2) is 6.62. The van der Waals surface area contributed by atoms with Gasteiger partial charge >= 0.3 is 0 Å². The summed E-state index contributed by atoms with van der Waals surface area (Å²) in [4.78, 5) is 8.73. The normalized spacial score (nSPS) is 10.4. The van der Waals surface area contributed by atoms with Gasteiger partial charge in [0.05, 0.1) is 5.02 Å². The fraction of sp³-hybridized carbons (Fsp3) is 0.0588. The van der Waals surface area contributed by atoms with E-state index in [0.717, 1.165) is 11.4 Å². The molecule has 23 heavy (non-hydrogen) atoms. The van der Waals surface area contributed by atoms with Crippen molar-refractivity contribution in [3.8, 4) is 0 Å². The van der Waals surface area contributed by atoms with Crippen molar-refractivity contribution >= 4 is 34.7 Å². The lowest BCUT2D eigenvalue weighted by Gasteiger charge is -2.10. The van der Waals surface area contributed by atoms with Crippen molar-refractivity contribution in [2.75, 3.05) is 10.6 Å². The molecule has 116 valence electrons. The number of para-hydroxylation sites is 1. The van der Waals surface area contributed by atoms with E-state index in [0.29, 0.717) is 17.5 Å². The summed E-state index contributed by atoms with van der Waals surface area (Å²) in [6, 6.07) is 15.9. The van der Waals surface area contributed by atoms with Crippen LogP contribution < -0.4 is 10.6 Å². The predicted molar refractivity (Wildman–Crippen MR) is 91.2 cm³/mol. The summed E-state index contributed by atoms with van der Waals surface area (Å²) in [6.45, 7) is 1.88. The van der Waals surface area contributed by atoms with Crippen molar-refractivity contribution in [3.63, 3.8) is 0 Å². The molecule has 0 aliphatic rings. The molecule has 4 nitrogen and oxygen atoms in total. The van der Waals surface area contributed by atoms with Gasteiger partial charge in [-0.25, -0.2) is 9.37 Å². The molecule has 0 saturated heterocycles. The van der Waals surface area contributed by atoms with Gasteiger partial charge in [0.2, 0.25) is 5.95 Å². The van der Waals surface area contributed by atoms with E-state index in [-0.39, 0.29) is 5.02 Å². The minimum absolute atomic E-state index is 0.0466. The van der Waals surface area contributed by atoms with E-state index in [1.807, 2.05) is 43.3 Å². The molecule has 1 heterocycles. The molecule has 0 saturated carbocycles. The number of hydrogen-bond donors (Lipinski definition) is 2. The fourth-order valence-electron chi connectivity index (χ4n) is 2.06. The third-order valence-corrected chi connectivity index (χ3v) is 3.37. The van der Waals surface area contributed by atoms with Crippen LogP contribution in [-0.2, 0) is 0 Å². The maximum atomic E-state index is 13.2. The first kappa shape index (κ1) is 15.2. The molecule has 0 aliphatic heterocycles.